The number of nitrogens with zero attached hydrogens (tertiary/aromatic N) is 4. The first-order valence-electron chi connectivity index (χ1n) is 16.0. The number of aromatic nitrogens is 4. The highest BCUT2D eigenvalue weighted by Crippen LogP contribution is 2.42. The lowest BCUT2D eigenvalue weighted by atomic mass is 9.79. The van der Waals surface area contributed by atoms with E-state index < -0.39 is 0 Å². The lowest BCUT2D eigenvalue weighted by Crippen LogP contribution is -2.19. The van der Waals surface area contributed by atoms with Gasteiger partial charge in [-0.15, -0.1) is 0 Å². The predicted octanol–water partition coefficient (Wildman–Crippen LogP) is 7.63. The highest BCUT2D eigenvalue weighted by molar-refractivity contribution is 5.90. The summed E-state index contributed by atoms with van der Waals surface area (Å²) in [6, 6.07) is 24.8. The molecule has 1 aliphatic carbocycles. The van der Waals surface area contributed by atoms with Gasteiger partial charge in [0, 0.05) is 29.4 Å². The number of rotatable bonds is 10. The van der Waals surface area contributed by atoms with Crippen LogP contribution in [-0.4, -0.2) is 37.2 Å². The fraction of sp³-hybridized carbons (Fsp3) is 0.378. The monoisotopic (exact) mass is 605 g/mol. The normalized spacial score (nSPS) is 16.5. The van der Waals surface area contributed by atoms with Crippen molar-refractivity contribution in [3.63, 3.8) is 0 Å². The third-order valence-electron chi connectivity index (χ3n) is 8.75. The molecule has 8 heteroatoms. The maximum Gasteiger partial charge on any atom is 0.225 e. The second-order valence-electron chi connectivity index (χ2n) is 13.2. The SMILES string of the molecule is Cc1ccc(-n2nc(C(C)(C)C)cc2NC(=O)CCCC2CCC(Oc3ccc4cnn(CCO)c4c3)c3ccccc32)cc1. The third kappa shape index (κ3) is 6.81. The number of hydrogen-bond donors (Lipinski definition) is 2. The second kappa shape index (κ2) is 12.9. The van der Waals surface area contributed by atoms with Gasteiger partial charge in [0.1, 0.15) is 17.7 Å². The number of amides is 1. The molecule has 45 heavy (non-hydrogen) atoms. The Kier molecular flexibility index (Phi) is 8.76. The minimum absolute atomic E-state index is 0.00450. The second-order valence-corrected chi connectivity index (χ2v) is 13.2. The van der Waals surface area contributed by atoms with Gasteiger partial charge in [-0.2, -0.15) is 10.2 Å². The van der Waals surface area contributed by atoms with E-state index in [2.05, 4.69) is 74.5 Å². The van der Waals surface area contributed by atoms with Gasteiger partial charge < -0.3 is 15.2 Å². The Morgan fingerprint density at radius 2 is 1.80 bits per heavy atom. The first-order valence-corrected chi connectivity index (χ1v) is 16.0. The van der Waals surface area contributed by atoms with E-state index in [1.807, 2.05) is 52.0 Å². The van der Waals surface area contributed by atoms with Gasteiger partial charge in [0.2, 0.25) is 5.91 Å². The summed E-state index contributed by atoms with van der Waals surface area (Å²) in [5.41, 5.74) is 6.40. The van der Waals surface area contributed by atoms with Crippen LogP contribution in [0.1, 0.15) is 87.3 Å². The molecule has 0 saturated carbocycles. The van der Waals surface area contributed by atoms with Gasteiger partial charge in [-0.1, -0.05) is 62.7 Å². The number of aliphatic hydroxyl groups is 1. The molecule has 1 amide bonds. The van der Waals surface area contributed by atoms with Crippen LogP contribution in [0.15, 0.2) is 79.0 Å². The first kappa shape index (κ1) is 30.6. The number of aryl methyl sites for hydroxylation is 1. The lowest BCUT2D eigenvalue weighted by Gasteiger charge is -2.32. The van der Waals surface area contributed by atoms with E-state index in [1.54, 1.807) is 0 Å². The zero-order valence-electron chi connectivity index (χ0n) is 26.7. The Labute approximate surface area is 265 Å². The van der Waals surface area contributed by atoms with Crippen molar-refractivity contribution in [3.8, 4) is 11.4 Å². The number of ether oxygens (including phenoxy) is 1. The summed E-state index contributed by atoms with van der Waals surface area (Å²) in [6.45, 7) is 8.94. The zero-order chi connectivity index (χ0) is 31.6. The Bertz CT molecular complexity index is 1780. The van der Waals surface area contributed by atoms with Gasteiger partial charge in [-0.25, -0.2) is 4.68 Å². The molecule has 2 heterocycles. The number of hydrogen-bond acceptors (Lipinski definition) is 5. The summed E-state index contributed by atoms with van der Waals surface area (Å²) in [7, 11) is 0. The van der Waals surface area contributed by atoms with Crippen LogP contribution in [0.25, 0.3) is 16.6 Å². The molecule has 0 spiro atoms. The van der Waals surface area contributed by atoms with E-state index in [4.69, 9.17) is 9.84 Å². The molecular weight excluding hydrogens is 562 g/mol. The molecule has 0 aliphatic heterocycles. The number of nitrogens with one attached hydrogen (secondary N) is 1. The summed E-state index contributed by atoms with van der Waals surface area (Å²) >= 11 is 0. The van der Waals surface area contributed by atoms with Gasteiger partial charge in [0.15, 0.2) is 0 Å². The molecule has 8 nitrogen and oxygen atoms in total. The van der Waals surface area contributed by atoms with Crippen molar-refractivity contribution in [3.05, 3.63) is 101 Å². The third-order valence-corrected chi connectivity index (χ3v) is 8.75. The maximum atomic E-state index is 13.2. The van der Waals surface area contributed by atoms with E-state index >= 15 is 0 Å². The Balaban J connectivity index is 1.10. The summed E-state index contributed by atoms with van der Waals surface area (Å²) < 4.78 is 10.2. The quantitative estimate of drug-likeness (QED) is 0.171. The van der Waals surface area contributed by atoms with Crippen LogP contribution in [-0.2, 0) is 16.8 Å². The lowest BCUT2D eigenvalue weighted by molar-refractivity contribution is -0.116. The molecule has 5 aromatic rings. The Morgan fingerprint density at radius 1 is 1.02 bits per heavy atom. The van der Waals surface area contributed by atoms with Crippen molar-refractivity contribution in [2.24, 2.45) is 0 Å². The van der Waals surface area contributed by atoms with Crippen LogP contribution < -0.4 is 10.1 Å². The van der Waals surface area contributed by atoms with Crippen LogP contribution in [0.3, 0.4) is 0 Å². The molecular formula is C37H43N5O3. The average molecular weight is 606 g/mol. The maximum absolute atomic E-state index is 13.2. The Morgan fingerprint density at radius 3 is 2.56 bits per heavy atom. The van der Waals surface area contributed by atoms with Crippen LogP contribution in [0.4, 0.5) is 5.82 Å². The highest BCUT2D eigenvalue weighted by atomic mass is 16.5. The van der Waals surface area contributed by atoms with Gasteiger partial charge in [0.25, 0.3) is 0 Å². The van der Waals surface area contributed by atoms with Crippen molar-refractivity contribution in [2.75, 3.05) is 11.9 Å². The van der Waals surface area contributed by atoms with Crippen molar-refractivity contribution < 1.29 is 14.6 Å². The summed E-state index contributed by atoms with van der Waals surface area (Å²) in [5, 5.41) is 22.8. The van der Waals surface area contributed by atoms with Crippen molar-refractivity contribution in [2.45, 2.75) is 83.8 Å². The number of carbonyl (C=O) groups excluding carboxylic acids is 1. The smallest absolute Gasteiger partial charge is 0.225 e. The molecule has 6 rings (SSSR count). The molecule has 0 radical (unpaired) electrons. The van der Waals surface area contributed by atoms with E-state index in [9.17, 15) is 9.90 Å². The van der Waals surface area contributed by atoms with Crippen LogP contribution in [0.2, 0.25) is 0 Å². The number of fused-ring (bicyclic) bond motifs is 2. The molecule has 0 bridgehead atoms. The molecule has 2 aromatic heterocycles. The van der Waals surface area contributed by atoms with E-state index in [0.717, 1.165) is 53.7 Å². The van der Waals surface area contributed by atoms with Gasteiger partial charge in [-0.3, -0.25) is 9.48 Å². The van der Waals surface area contributed by atoms with Crippen LogP contribution in [0, 0.1) is 6.92 Å². The average Bonchev–Trinajstić information content (AvgIpc) is 3.63. The number of carbonyl (C=O) groups is 1. The fourth-order valence-corrected chi connectivity index (χ4v) is 6.26. The molecule has 234 valence electrons. The summed E-state index contributed by atoms with van der Waals surface area (Å²) in [4.78, 5) is 13.2. The van der Waals surface area contributed by atoms with Gasteiger partial charge in [-0.05, 0) is 73.9 Å². The molecule has 0 saturated heterocycles. The number of anilines is 1. The van der Waals surface area contributed by atoms with Crippen molar-refractivity contribution >= 4 is 22.6 Å². The number of aliphatic hydroxyl groups excluding tert-OH is 1. The molecule has 3 aromatic carbocycles. The van der Waals surface area contributed by atoms with Crippen LogP contribution in [0.5, 0.6) is 5.75 Å². The largest absolute Gasteiger partial charge is 0.486 e. The van der Waals surface area contributed by atoms with E-state index in [1.165, 1.54) is 16.7 Å². The van der Waals surface area contributed by atoms with Gasteiger partial charge in [0.05, 0.1) is 36.2 Å². The summed E-state index contributed by atoms with van der Waals surface area (Å²) in [5.74, 6) is 1.89. The van der Waals surface area contributed by atoms with E-state index in [0.29, 0.717) is 24.7 Å². The molecule has 1 aliphatic rings. The molecule has 2 N–H and O–H groups in total. The van der Waals surface area contributed by atoms with Crippen molar-refractivity contribution in [1.82, 2.24) is 19.6 Å². The highest BCUT2D eigenvalue weighted by Gasteiger charge is 2.28. The summed E-state index contributed by atoms with van der Waals surface area (Å²) in [6.07, 6.45) is 5.88. The number of benzene rings is 3. The Hall–Kier alpha value is -4.43. The van der Waals surface area contributed by atoms with Crippen LogP contribution >= 0.6 is 0 Å². The van der Waals surface area contributed by atoms with E-state index in [-0.39, 0.29) is 24.0 Å². The minimum atomic E-state index is -0.138. The molecule has 0 fully saturated rings. The molecule has 2 atom stereocenters. The minimum Gasteiger partial charge on any atom is -0.486 e. The fourth-order valence-electron chi connectivity index (χ4n) is 6.26. The standard InChI is InChI=1S/C37H43N5O3/c1-25-12-16-28(17-13-25)42-35(23-34(40-42)37(2,3)4)39-36(44)11-7-8-26-15-19-33(31-10-6-5-9-30(26)31)45-29-18-14-27-24-38-41(20-21-43)32(27)22-29/h5-6,9-10,12-14,16-18,22-24,26,33,43H,7-8,11,15,19-21H2,1-4H3,(H,39,44). The predicted molar refractivity (Wildman–Crippen MR) is 178 cm³/mol. The van der Waals surface area contributed by atoms with Gasteiger partial charge >= 0.3 is 0 Å². The topological polar surface area (TPSA) is 94.2 Å². The first-order chi connectivity index (χ1) is 21.7. The van der Waals surface area contributed by atoms with Crippen molar-refractivity contribution in [1.29, 1.82) is 0 Å². The zero-order valence-corrected chi connectivity index (χ0v) is 26.7. The molecule has 2 unspecified atom stereocenters.